The Morgan fingerprint density at radius 3 is 2.90 bits per heavy atom. The van der Waals surface area contributed by atoms with Crippen molar-refractivity contribution in [3.63, 3.8) is 0 Å². The molecule has 5 nitrogen and oxygen atoms in total. The molecule has 2 aromatic rings. The van der Waals surface area contributed by atoms with Gasteiger partial charge in [0.1, 0.15) is 10.8 Å². The van der Waals surface area contributed by atoms with Crippen LogP contribution in [-0.4, -0.2) is 22.7 Å². The minimum atomic E-state index is -0.253. The molecule has 0 saturated heterocycles. The third-order valence-electron chi connectivity index (χ3n) is 2.35. The van der Waals surface area contributed by atoms with Crippen molar-refractivity contribution >= 4 is 38.3 Å². The number of benzene rings is 1. The lowest BCUT2D eigenvalue weighted by Gasteiger charge is -2.05. The van der Waals surface area contributed by atoms with E-state index in [-0.39, 0.29) is 12.5 Å². The molecule has 2 rings (SSSR count). The van der Waals surface area contributed by atoms with Gasteiger partial charge >= 0.3 is 0 Å². The number of nitrogens with zero attached hydrogens (tertiary/aromatic N) is 2. The third-order valence-corrected chi connectivity index (χ3v) is 3.98. The van der Waals surface area contributed by atoms with Crippen LogP contribution in [0.25, 0.3) is 0 Å². The molecule has 0 bridgehead atoms. The van der Waals surface area contributed by atoms with Crippen molar-refractivity contribution in [3.8, 4) is 5.75 Å². The second-order valence-electron chi connectivity index (χ2n) is 4.39. The zero-order valence-corrected chi connectivity index (χ0v) is 13.5. The van der Waals surface area contributed by atoms with Crippen LogP contribution >= 0.6 is 27.3 Å². The quantitative estimate of drug-likeness (QED) is 0.891. The smallest absolute Gasteiger partial charge is 0.264 e. The zero-order valence-electron chi connectivity index (χ0n) is 11.1. The maximum atomic E-state index is 11.7. The van der Waals surface area contributed by atoms with Gasteiger partial charge in [-0.1, -0.05) is 47.2 Å². The molecule has 20 heavy (non-hydrogen) atoms. The maximum absolute atomic E-state index is 11.7. The zero-order chi connectivity index (χ0) is 14.5. The highest BCUT2D eigenvalue weighted by atomic mass is 79.9. The van der Waals surface area contributed by atoms with E-state index in [9.17, 15) is 4.79 Å². The lowest BCUT2D eigenvalue weighted by atomic mass is 10.2. The monoisotopic (exact) mass is 355 g/mol. The van der Waals surface area contributed by atoms with Crippen molar-refractivity contribution in [1.82, 2.24) is 10.2 Å². The lowest BCUT2D eigenvalue weighted by Crippen LogP contribution is -2.20. The second kappa shape index (κ2) is 6.81. The highest BCUT2D eigenvalue weighted by Crippen LogP contribution is 2.22. The number of carbonyl (C=O) groups is 1. The van der Waals surface area contributed by atoms with Gasteiger partial charge in [0, 0.05) is 10.4 Å². The van der Waals surface area contributed by atoms with E-state index in [4.69, 9.17) is 4.74 Å². The van der Waals surface area contributed by atoms with E-state index >= 15 is 0 Å². The minimum Gasteiger partial charge on any atom is -0.484 e. The van der Waals surface area contributed by atoms with Gasteiger partial charge in [0.25, 0.3) is 5.91 Å². The number of nitrogens with one attached hydrogen (secondary N) is 1. The van der Waals surface area contributed by atoms with Crippen LogP contribution in [0.5, 0.6) is 5.75 Å². The molecule has 0 unspecified atom stereocenters. The number of aromatic nitrogens is 2. The Morgan fingerprint density at radius 2 is 2.25 bits per heavy atom. The van der Waals surface area contributed by atoms with Gasteiger partial charge < -0.3 is 4.74 Å². The Kier molecular flexibility index (Phi) is 5.08. The number of anilines is 1. The highest BCUT2D eigenvalue weighted by molar-refractivity contribution is 9.10. The Hall–Kier alpha value is -1.47. The topological polar surface area (TPSA) is 64.1 Å². The van der Waals surface area contributed by atoms with Crippen LogP contribution in [0.15, 0.2) is 28.7 Å². The normalized spacial score (nSPS) is 10.6. The van der Waals surface area contributed by atoms with Crippen LogP contribution in [0, 0.1) is 0 Å². The van der Waals surface area contributed by atoms with Crippen molar-refractivity contribution in [3.05, 3.63) is 33.7 Å². The lowest BCUT2D eigenvalue weighted by molar-refractivity contribution is -0.118. The molecule has 0 radical (unpaired) electrons. The molecule has 0 saturated carbocycles. The standard InChI is InChI=1S/C13H14BrN3O2S/c1-8(2)12-16-17-13(20-12)15-11(18)7-19-10-5-3-4-9(14)6-10/h3-6,8H,7H2,1-2H3,(H,15,17,18). The molecule has 1 N–H and O–H groups in total. The first-order valence-corrected chi connectivity index (χ1v) is 7.67. The summed E-state index contributed by atoms with van der Waals surface area (Å²) < 4.78 is 6.29. The maximum Gasteiger partial charge on any atom is 0.264 e. The SMILES string of the molecule is CC(C)c1nnc(NC(=O)COc2cccc(Br)c2)s1. The minimum absolute atomic E-state index is 0.0625. The van der Waals surface area contributed by atoms with Gasteiger partial charge in [-0.05, 0) is 18.2 Å². The number of hydrogen-bond donors (Lipinski definition) is 1. The number of hydrogen-bond acceptors (Lipinski definition) is 5. The molecule has 1 heterocycles. The molecule has 0 aliphatic rings. The Labute approximate surface area is 129 Å². The summed E-state index contributed by atoms with van der Waals surface area (Å²) in [6, 6.07) is 7.33. The van der Waals surface area contributed by atoms with Gasteiger partial charge in [-0.3, -0.25) is 10.1 Å². The van der Waals surface area contributed by atoms with E-state index in [1.807, 2.05) is 26.0 Å². The molecule has 0 spiro atoms. The first-order valence-electron chi connectivity index (χ1n) is 6.06. The number of amides is 1. The van der Waals surface area contributed by atoms with Crippen LogP contribution < -0.4 is 10.1 Å². The predicted octanol–water partition coefficient (Wildman–Crippen LogP) is 3.44. The molecule has 106 valence electrons. The summed E-state index contributed by atoms with van der Waals surface area (Å²) in [5, 5.41) is 12.0. The van der Waals surface area contributed by atoms with Crippen LogP contribution in [-0.2, 0) is 4.79 Å². The first-order chi connectivity index (χ1) is 9.54. The van der Waals surface area contributed by atoms with E-state index in [1.54, 1.807) is 12.1 Å². The fourth-order valence-corrected chi connectivity index (χ4v) is 2.52. The molecule has 1 aromatic heterocycles. The predicted molar refractivity (Wildman–Crippen MR) is 82.3 cm³/mol. The van der Waals surface area contributed by atoms with Crippen LogP contribution in [0.1, 0.15) is 24.8 Å². The summed E-state index contributed by atoms with van der Waals surface area (Å²) in [6.07, 6.45) is 0. The Balaban J connectivity index is 1.86. The molecule has 0 aliphatic carbocycles. The summed E-state index contributed by atoms with van der Waals surface area (Å²) in [5.74, 6) is 0.683. The van der Waals surface area contributed by atoms with Crippen molar-refractivity contribution in [2.75, 3.05) is 11.9 Å². The number of rotatable bonds is 5. The van der Waals surface area contributed by atoms with Gasteiger partial charge in [0.2, 0.25) is 5.13 Å². The van der Waals surface area contributed by atoms with E-state index in [0.29, 0.717) is 16.8 Å². The van der Waals surface area contributed by atoms with Gasteiger partial charge in [0.15, 0.2) is 6.61 Å². The van der Waals surface area contributed by atoms with Crippen molar-refractivity contribution in [2.24, 2.45) is 0 Å². The number of halogens is 1. The first kappa shape index (κ1) is 14.9. The van der Waals surface area contributed by atoms with Crippen molar-refractivity contribution < 1.29 is 9.53 Å². The van der Waals surface area contributed by atoms with E-state index in [1.165, 1.54) is 11.3 Å². The second-order valence-corrected chi connectivity index (χ2v) is 6.32. The fraction of sp³-hybridized carbons (Fsp3) is 0.308. The molecule has 1 aromatic carbocycles. The van der Waals surface area contributed by atoms with E-state index in [2.05, 4.69) is 31.4 Å². The summed E-state index contributed by atoms with van der Waals surface area (Å²) >= 11 is 4.72. The molecule has 7 heteroatoms. The van der Waals surface area contributed by atoms with E-state index < -0.39 is 0 Å². The number of ether oxygens (including phenoxy) is 1. The van der Waals surface area contributed by atoms with Crippen LogP contribution in [0.3, 0.4) is 0 Å². The van der Waals surface area contributed by atoms with Crippen molar-refractivity contribution in [1.29, 1.82) is 0 Å². The fourth-order valence-electron chi connectivity index (χ4n) is 1.38. The van der Waals surface area contributed by atoms with Crippen molar-refractivity contribution in [2.45, 2.75) is 19.8 Å². The average Bonchev–Trinajstić information content (AvgIpc) is 2.85. The molecular weight excluding hydrogens is 342 g/mol. The Morgan fingerprint density at radius 1 is 1.45 bits per heavy atom. The molecule has 0 aliphatic heterocycles. The van der Waals surface area contributed by atoms with Crippen LogP contribution in [0.2, 0.25) is 0 Å². The number of carbonyl (C=O) groups excluding carboxylic acids is 1. The Bertz CT molecular complexity index is 601. The van der Waals surface area contributed by atoms with Gasteiger partial charge in [-0.15, -0.1) is 10.2 Å². The highest BCUT2D eigenvalue weighted by Gasteiger charge is 2.10. The van der Waals surface area contributed by atoms with Gasteiger partial charge in [0.05, 0.1) is 0 Å². The molecule has 1 amide bonds. The molecule has 0 fully saturated rings. The summed E-state index contributed by atoms with van der Waals surface area (Å²) in [6.45, 7) is 4.00. The van der Waals surface area contributed by atoms with Gasteiger partial charge in [-0.25, -0.2) is 0 Å². The van der Waals surface area contributed by atoms with Gasteiger partial charge in [-0.2, -0.15) is 0 Å². The largest absolute Gasteiger partial charge is 0.484 e. The summed E-state index contributed by atoms with van der Waals surface area (Å²) in [7, 11) is 0. The van der Waals surface area contributed by atoms with Crippen LogP contribution in [0.4, 0.5) is 5.13 Å². The van der Waals surface area contributed by atoms with E-state index in [0.717, 1.165) is 9.48 Å². The summed E-state index contributed by atoms with van der Waals surface area (Å²) in [4.78, 5) is 11.7. The average molecular weight is 356 g/mol. The molecular formula is C13H14BrN3O2S. The third kappa shape index (κ3) is 4.28. The summed E-state index contributed by atoms with van der Waals surface area (Å²) in [5.41, 5.74) is 0. The molecule has 0 atom stereocenters.